The van der Waals surface area contributed by atoms with E-state index >= 15 is 0 Å². The molecule has 0 aliphatic carbocycles. The summed E-state index contributed by atoms with van der Waals surface area (Å²) in [5, 5.41) is 0.424. The summed E-state index contributed by atoms with van der Waals surface area (Å²) >= 11 is 5.87. The van der Waals surface area contributed by atoms with E-state index in [0.29, 0.717) is 27.2 Å². The SMILES string of the molecule is NC(c1ccc2[nH]c(=O)[nH]c2c1)c1cc(Cl)ccc1F. The van der Waals surface area contributed by atoms with Gasteiger partial charge in [-0.25, -0.2) is 9.18 Å². The van der Waals surface area contributed by atoms with E-state index in [-0.39, 0.29) is 5.69 Å². The van der Waals surface area contributed by atoms with Crippen molar-refractivity contribution in [2.45, 2.75) is 6.04 Å². The maximum atomic E-state index is 13.8. The Labute approximate surface area is 118 Å². The molecule has 2 aromatic carbocycles. The maximum absolute atomic E-state index is 13.8. The Hall–Kier alpha value is -2.11. The average Bonchev–Trinajstić information content (AvgIpc) is 2.79. The van der Waals surface area contributed by atoms with Crippen LogP contribution >= 0.6 is 11.6 Å². The lowest BCUT2D eigenvalue weighted by Crippen LogP contribution is -2.13. The van der Waals surface area contributed by atoms with Gasteiger partial charge in [-0.15, -0.1) is 0 Å². The largest absolute Gasteiger partial charge is 0.323 e. The number of fused-ring (bicyclic) bond motifs is 1. The van der Waals surface area contributed by atoms with E-state index in [4.69, 9.17) is 17.3 Å². The van der Waals surface area contributed by atoms with Crippen LogP contribution in [0.25, 0.3) is 11.0 Å². The molecule has 0 aliphatic rings. The van der Waals surface area contributed by atoms with E-state index in [1.54, 1.807) is 18.2 Å². The number of rotatable bonds is 2. The molecule has 4 nitrogen and oxygen atoms in total. The summed E-state index contributed by atoms with van der Waals surface area (Å²) in [6, 6.07) is 8.80. The molecular weight excluding hydrogens is 281 g/mol. The van der Waals surface area contributed by atoms with Gasteiger partial charge in [0.1, 0.15) is 5.82 Å². The smallest absolute Gasteiger partial charge is 0.320 e. The maximum Gasteiger partial charge on any atom is 0.323 e. The molecule has 6 heteroatoms. The summed E-state index contributed by atoms with van der Waals surface area (Å²) in [4.78, 5) is 16.5. The third-order valence-electron chi connectivity index (χ3n) is 3.19. The summed E-state index contributed by atoms with van der Waals surface area (Å²) in [6.07, 6.45) is 0. The fourth-order valence-corrected chi connectivity index (χ4v) is 2.36. The van der Waals surface area contributed by atoms with Crippen LogP contribution in [-0.4, -0.2) is 9.97 Å². The predicted molar refractivity (Wildman–Crippen MR) is 76.4 cm³/mol. The predicted octanol–water partition coefficient (Wildman–Crippen LogP) is 2.70. The topological polar surface area (TPSA) is 74.7 Å². The molecule has 0 saturated carbocycles. The van der Waals surface area contributed by atoms with Gasteiger partial charge in [0.05, 0.1) is 17.1 Å². The zero-order valence-electron chi connectivity index (χ0n) is 10.3. The number of benzene rings is 2. The van der Waals surface area contributed by atoms with Gasteiger partial charge < -0.3 is 15.7 Å². The first kappa shape index (κ1) is 12.9. The molecule has 0 radical (unpaired) electrons. The molecule has 1 heterocycles. The molecule has 0 aliphatic heterocycles. The molecular formula is C14H11ClFN3O. The number of hydrogen-bond acceptors (Lipinski definition) is 2. The Morgan fingerprint density at radius 3 is 2.65 bits per heavy atom. The monoisotopic (exact) mass is 291 g/mol. The van der Waals surface area contributed by atoms with E-state index in [1.807, 2.05) is 0 Å². The number of aromatic nitrogens is 2. The zero-order valence-corrected chi connectivity index (χ0v) is 11.0. The van der Waals surface area contributed by atoms with Crippen LogP contribution in [0.3, 0.4) is 0 Å². The molecule has 0 amide bonds. The summed E-state index contributed by atoms with van der Waals surface area (Å²) in [5.74, 6) is -0.412. The Balaban J connectivity index is 2.09. The van der Waals surface area contributed by atoms with Crippen LogP contribution in [0.5, 0.6) is 0 Å². The van der Waals surface area contributed by atoms with Gasteiger partial charge in [0.2, 0.25) is 0 Å². The summed E-state index contributed by atoms with van der Waals surface area (Å²) < 4.78 is 13.8. The van der Waals surface area contributed by atoms with Crippen molar-refractivity contribution in [1.82, 2.24) is 9.97 Å². The molecule has 0 saturated heterocycles. The van der Waals surface area contributed by atoms with Crippen molar-refractivity contribution in [2.75, 3.05) is 0 Å². The molecule has 102 valence electrons. The molecule has 1 atom stereocenters. The summed E-state index contributed by atoms with van der Waals surface area (Å²) in [7, 11) is 0. The fraction of sp³-hybridized carbons (Fsp3) is 0.0714. The second-order valence-electron chi connectivity index (χ2n) is 4.53. The molecule has 0 bridgehead atoms. The minimum Gasteiger partial charge on any atom is -0.320 e. The normalized spacial score (nSPS) is 12.8. The summed E-state index contributed by atoms with van der Waals surface area (Å²) in [5.41, 5.74) is 8.10. The lowest BCUT2D eigenvalue weighted by molar-refractivity contribution is 0.600. The van der Waals surface area contributed by atoms with E-state index in [0.717, 1.165) is 0 Å². The lowest BCUT2D eigenvalue weighted by atomic mass is 9.99. The van der Waals surface area contributed by atoms with Gasteiger partial charge in [-0.1, -0.05) is 17.7 Å². The molecule has 0 fully saturated rings. The standard InChI is InChI=1S/C14H11ClFN3O/c15-8-2-3-10(16)9(6-8)13(17)7-1-4-11-12(5-7)19-14(20)18-11/h1-6,13H,17H2,(H2,18,19,20). The second-order valence-corrected chi connectivity index (χ2v) is 4.96. The number of halogens is 2. The van der Waals surface area contributed by atoms with Crippen molar-refractivity contribution in [3.8, 4) is 0 Å². The van der Waals surface area contributed by atoms with Crippen molar-refractivity contribution in [3.05, 3.63) is 68.8 Å². The van der Waals surface area contributed by atoms with Crippen LogP contribution in [0.1, 0.15) is 17.2 Å². The van der Waals surface area contributed by atoms with Crippen molar-refractivity contribution in [1.29, 1.82) is 0 Å². The highest BCUT2D eigenvalue weighted by Crippen LogP contribution is 2.26. The molecule has 4 N–H and O–H groups in total. The van der Waals surface area contributed by atoms with Crippen LogP contribution < -0.4 is 11.4 Å². The minimum absolute atomic E-state index is 0.292. The lowest BCUT2D eigenvalue weighted by Gasteiger charge is -2.14. The number of aromatic amines is 2. The van der Waals surface area contributed by atoms with Gasteiger partial charge in [0.25, 0.3) is 0 Å². The first-order chi connectivity index (χ1) is 9.54. The second kappa shape index (κ2) is 4.77. The first-order valence-corrected chi connectivity index (χ1v) is 6.35. The quantitative estimate of drug-likeness (QED) is 0.679. The Morgan fingerprint density at radius 1 is 1.10 bits per heavy atom. The number of hydrogen-bond donors (Lipinski definition) is 3. The highest BCUT2D eigenvalue weighted by atomic mass is 35.5. The van der Waals surface area contributed by atoms with Crippen molar-refractivity contribution >= 4 is 22.6 Å². The molecule has 1 unspecified atom stereocenters. The number of H-pyrrole nitrogens is 2. The van der Waals surface area contributed by atoms with Gasteiger partial charge in [-0.2, -0.15) is 0 Å². The first-order valence-electron chi connectivity index (χ1n) is 5.97. The van der Waals surface area contributed by atoms with E-state index in [2.05, 4.69) is 9.97 Å². The van der Waals surface area contributed by atoms with Gasteiger partial charge >= 0.3 is 5.69 Å². The van der Waals surface area contributed by atoms with Crippen LogP contribution in [0.4, 0.5) is 4.39 Å². The minimum atomic E-state index is -0.656. The molecule has 3 aromatic rings. The van der Waals surface area contributed by atoms with Crippen LogP contribution in [-0.2, 0) is 0 Å². The number of nitrogens with two attached hydrogens (primary N) is 1. The average molecular weight is 292 g/mol. The van der Waals surface area contributed by atoms with Gasteiger partial charge in [-0.05, 0) is 35.9 Å². The van der Waals surface area contributed by atoms with E-state index in [1.165, 1.54) is 18.2 Å². The van der Waals surface area contributed by atoms with Gasteiger partial charge in [-0.3, -0.25) is 0 Å². The van der Waals surface area contributed by atoms with Crippen LogP contribution in [0, 0.1) is 5.82 Å². The third-order valence-corrected chi connectivity index (χ3v) is 3.43. The van der Waals surface area contributed by atoms with Gasteiger partial charge in [0, 0.05) is 10.6 Å². The molecule has 20 heavy (non-hydrogen) atoms. The van der Waals surface area contributed by atoms with Crippen LogP contribution in [0.2, 0.25) is 5.02 Å². The number of nitrogens with one attached hydrogen (secondary N) is 2. The highest BCUT2D eigenvalue weighted by Gasteiger charge is 2.15. The van der Waals surface area contributed by atoms with Crippen molar-refractivity contribution < 1.29 is 4.39 Å². The van der Waals surface area contributed by atoms with Gasteiger partial charge in [0.15, 0.2) is 0 Å². The zero-order chi connectivity index (χ0) is 14.3. The summed E-state index contributed by atoms with van der Waals surface area (Å²) in [6.45, 7) is 0. The third kappa shape index (κ3) is 2.21. The number of imidazole rings is 1. The molecule has 1 aromatic heterocycles. The fourth-order valence-electron chi connectivity index (χ4n) is 2.18. The Morgan fingerprint density at radius 2 is 1.85 bits per heavy atom. The Bertz CT molecular complexity index is 840. The highest BCUT2D eigenvalue weighted by molar-refractivity contribution is 6.30. The Kier molecular flexibility index (Phi) is 3.08. The van der Waals surface area contributed by atoms with E-state index < -0.39 is 11.9 Å². The molecule has 3 rings (SSSR count). The van der Waals surface area contributed by atoms with E-state index in [9.17, 15) is 9.18 Å². The van der Waals surface area contributed by atoms with Crippen molar-refractivity contribution in [2.24, 2.45) is 5.73 Å². The van der Waals surface area contributed by atoms with Crippen LogP contribution in [0.15, 0.2) is 41.2 Å². The molecule has 0 spiro atoms. The van der Waals surface area contributed by atoms with Crippen molar-refractivity contribution in [3.63, 3.8) is 0 Å².